The third kappa shape index (κ3) is 3.54. The molecule has 0 N–H and O–H groups in total. The van der Waals surface area contributed by atoms with E-state index in [0.717, 1.165) is 22.3 Å². The van der Waals surface area contributed by atoms with E-state index in [0.29, 0.717) is 21.8 Å². The zero-order valence-corrected chi connectivity index (χ0v) is 16.4. The molecule has 1 heterocycles. The summed E-state index contributed by atoms with van der Waals surface area (Å²) in [6.07, 6.45) is 0. The molecule has 140 valence electrons. The Hall–Kier alpha value is -3.04. The van der Waals surface area contributed by atoms with E-state index in [1.54, 1.807) is 12.1 Å². The van der Waals surface area contributed by atoms with Crippen LogP contribution in [-0.4, -0.2) is 0 Å². The summed E-state index contributed by atoms with van der Waals surface area (Å²) in [5, 5.41) is 1.13. The van der Waals surface area contributed by atoms with Crippen LogP contribution in [0.4, 0.5) is 0 Å². The van der Waals surface area contributed by atoms with Crippen LogP contribution in [0.15, 0.2) is 75.9 Å². The van der Waals surface area contributed by atoms with Gasteiger partial charge in [0, 0.05) is 10.6 Å². The number of rotatable bonds is 4. The monoisotopic (exact) mass is 390 g/mol. The van der Waals surface area contributed by atoms with E-state index in [1.165, 1.54) is 0 Å². The van der Waals surface area contributed by atoms with Crippen molar-refractivity contribution >= 4 is 22.6 Å². The standard InChI is InChI=1S/C24H19ClO3/c1-15-7-12-21-20(13-15)22(26)24(27-14-18-6-4-3-5-16(18)2)23(28-21)17-8-10-19(25)11-9-17/h3-13H,14H2,1-2H3. The molecule has 0 aliphatic heterocycles. The van der Waals surface area contributed by atoms with Crippen LogP contribution in [-0.2, 0) is 6.61 Å². The van der Waals surface area contributed by atoms with Crippen molar-refractivity contribution in [2.45, 2.75) is 20.5 Å². The maximum Gasteiger partial charge on any atom is 0.235 e. The Morgan fingerprint density at radius 1 is 0.964 bits per heavy atom. The van der Waals surface area contributed by atoms with E-state index in [-0.39, 0.29) is 17.8 Å². The minimum atomic E-state index is -0.177. The Balaban J connectivity index is 1.87. The fourth-order valence-corrected chi connectivity index (χ4v) is 3.26. The van der Waals surface area contributed by atoms with Crippen molar-refractivity contribution in [1.82, 2.24) is 0 Å². The van der Waals surface area contributed by atoms with Gasteiger partial charge in [-0.05, 0) is 61.4 Å². The maximum atomic E-state index is 13.2. The second-order valence-corrected chi connectivity index (χ2v) is 7.25. The molecular weight excluding hydrogens is 372 g/mol. The minimum absolute atomic E-state index is 0.177. The first-order valence-corrected chi connectivity index (χ1v) is 9.41. The van der Waals surface area contributed by atoms with Crippen molar-refractivity contribution in [2.24, 2.45) is 0 Å². The van der Waals surface area contributed by atoms with E-state index in [9.17, 15) is 4.79 Å². The molecule has 4 aromatic rings. The first kappa shape index (κ1) is 18.3. The minimum Gasteiger partial charge on any atom is -0.481 e. The van der Waals surface area contributed by atoms with Gasteiger partial charge in [0.05, 0.1) is 5.39 Å². The number of fused-ring (bicyclic) bond motifs is 1. The topological polar surface area (TPSA) is 39.4 Å². The average Bonchev–Trinajstić information content (AvgIpc) is 2.69. The Bertz CT molecular complexity index is 1210. The third-order valence-corrected chi connectivity index (χ3v) is 5.00. The number of ether oxygens (including phenoxy) is 1. The van der Waals surface area contributed by atoms with E-state index >= 15 is 0 Å². The molecule has 0 bridgehead atoms. The molecule has 0 aliphatic rings. The summed E-state index contributed by atoms with van der Waals surface area (Å²) < 4.78 is 12.1. The summed E-state index contributed by atoms with van der Waals surface area (Å²) >= 11 is 6.02. The first-order chi connectivity index (χ1) is 13.5. The number of hydrogen-bond acceptors (Lipinski definition) is 3. The van der Waals surface area contributed by atoms with Gasteiger partial charge in [-0.15, -0.1) is 0 Å². The quantitative estimate of drug-likeness (QED) is 0.410. The highest BCUT2D eigenvalue weighted by molar-refractivity contribution is 6.30. The molecule has 0 saturated heterocycles. The fourth-order valence-electron chi connectivity index (χ4n) is 3.14. The summed E-state index contributed by atoms with van der Waals surface area (Å²) in [7, 11) is 0. The summed E-state index contributed by atoms with van der Waals surface area (Å²) in [5.41, 5.74) is 4.21. The Morgan fingerprint density at radius 2 is 1.71 bits per heavy atom. The van der Waals surface area contributed by atoms with Crippen molar-refractivity contribution in [1.29, 1.82) is 0 Å². The van der Waals surface area contributed by atoms with Gasteiger partial charge in [0.25, 0.3) is 0 Å². The van der Waals surface area contributed by atoms with Crippen molar-refractivity contribution in [3.8, 4) is 17.1 Å². The molecule has 0 atom stereocenters. The van der Waals surface area contributed by atoms with Gasteiger partial charge >= 0.3 is 0 Å². The number of halogens is 1. The highest BCUT2D eigenvalue weighted by atomic mass is 35.5. The molecule has 0 spiro atoms. The van der Waals surface area contributed by atoms with Crippen LogP contribution in [0.5, 0.6) is 5.75 Å². The van der Waals surface area contributed by atoms with E-state index in [4.69, 9.17) is 20.8 Å². The van der Waals surface area contributed by atoms with Crippen molar-refractivity contribution in [3.63, 3.8) is 0 Å². The lowest BCUT2D eigenvalue weighted by atomic mass is 10.1. The van der Waals surface area contributed by atoms with E-state index in [2.05, 4.69) is 0 Å². The van der Waals surface area contributed by atoms with Crippen molar-refractivity contribution < 1.29 is 9.15 Å². The summed E-state index contributed by atoms with van der Waals surface area (Å²) in [6, 6.07) is 20.7. The van der Waals surface area contributed by atoms with Crippen molar-refractivity contribution in [2.75, 3.05) is 0 Å². The smallest absolute Gasteiger partial charge is 0.235 e. The van der Waals surface area contributed by atoms with Crippen LogP contribution in [0, 0.1) is 13.8 Å². The molecule has 0 radical (unpaired) electrons. The predicted octanol–water partition coefficient (Wildman–Crippen LogP) is 6.31. The van der Waals surface area contributed by atoms with Gasteiger partial charge in [0.2, 0.25) is 11.2 Å². The third-order valence-electron chi connectivity index (χ3n) is 4.74. The second-order valence-electron chi connectivity index (χ2n) is 6.81. The highest BCUT2D eigenvalue weighted by Gasteiger charge is 2.18. The van der Waals surface area contributed by atoms with Gasteiger partial charge in [-0.2, -0.15) is 0 Å². The number of aryl methyl sites for hydroxylation is 2. The molecule has 4 heteroatoms. The zero-order chi connectivity index (χ0) is 19.7. The van der Waals surface area contributed by atoms with Crippen LogP contribution in [0.1, 0.15) is 16.7 Å². The van der Waals surface area contributed by atoms with Gasteiger partial charge in [-0.3, -0.25) is 4.79 Å². The molecule has 1 aromatic heterocycles. The molecule has 0 fully saturated rings. The molecular formula is C24H19ClO3. The molecule has 3 aromatic carbocycles. The van der Waals surface area contributed by atoms with E-state index in [1.807, 2.05) is 68.4 Å². The second kappa shape index (κ2) is 7.53. The lowest BCUT2D eigenvalue weighted by Crippen LogP contribution is -2.11. The highest BCUT2D eigenvalue weighted by Crippen LogP contribution is 2.32. The van der Waals surface area contributed by atoms with Gasteiger partial charge in [-0.25, -0.2) is 0 Å². The average molecular weight is 391 g/mol. The largest absolute Gasteiger partial charge is 0.481 e. The van der Waals surface area contributed by atoms with Gasteiger partial charge in [-0.1, -0.05) is 47.5 Å². The fraction of sp³-hybridized carbons (Fsp3) is 0.125. The summed E-state index contributed by atoms with van der Waals surface area (Å²) in [5.74, 6) is 0.621. The first-order valence-electron chi connectivity index (χ1n) is 9.03. The molecule has 0 amide bonds. The molecule has 0 aliphatic carbocycles. The van der Waals surface area contributed by atoms with Crippen LogP contribution < -0.4 is 10.2 Å². The number of hydrogen-bond donors (Lipinski definition) is 0. The van der Waals surface area contributed by atoms with Crippen LogP contribution in [0.2, 0.25) is 5.02 Å². The van der Waals surface area contributed by atoms with Gasteiger partial charge in [0.1, 0.15) is 12.2 Å². The normalized spacial score (nSPS) is 11.0. The van der Waals surface area contributed by atoms with E-state index < -0.39 is 0 Å². The molecule has 4 rings (SSSR count). The Labute approximate surface area is 168 Å². The SMILES string of the molecule is Cc1ccc2oc(-c3ccc(Cl)cc3)c(OCc3ccccc3C)c(=O)c2c1. The molecule has 28 heavy (non-hydrogen) atoms. The van der Waals surface area contributed by atoms with Gasteiger partial charge in [0.15, 0.2) is 5.76 Å². The number of benzene rings is 3. The van der Waals surface area contributed by atoms with Crippen LogP contribution in [0.25, 0.3) is 22.3 Å². The predicted molar refractivity (Wildman–Crippen MR) is 113 cm³/mol. The van der Waals surface area contributed by atoms with Crippen LogP contribution >= 0.6 is 11.6 Å². The molecule has 3 nitrogen and oxygen atoms in total. The Morgan fingerprint density at radius 3 is 2.46 bits per heavy atom. The maximum absolute atomic E-state index is 13.2. The zero-order valence-electron chi connectivity index (χ0n) is 15.7. The Kier molecular flexibility index (Phi) is 4.93. The van der Waals surface area contributed by atoms with Crippen molar-refractivity contribution in [3.05, 3.63) is 98.7 Å². The lowest BCUT2D eigenvalue weighted by molar-refractivity contribution is 0.297. The lowest BCUT2D eigenvalue weighted by Gasteiger charge is -2.13. The van der Waals surface area contributed by atoms with Crippen LogP contribution in [0.3, 0.4) is 0 Å². The van der Waals surface area contributed by atoms with Gasteiger partial charge < -0.3 is 9.15 Å². The summed E-state index contributed by atoms with van der Waals surface area (Å²) in [4.78, 5) is 13.2. The molecule has 0 saturated carbocycles. The summed E-state index contributed by atoms with van der Waals surface area (Å²) in [6.45, 7) is 4.25. The molecule has 0 unspecified atom stereocenters.